The third kappa shape index (κ3) is 8.13. The van der Waals surface area contributed by atoms with Crippen molar-refractivity contribution in [3.63, 3.8) is 0 Å². The van der Waals surface area contributed by atoms with Crippen molar-refractivity contribution in [3.8, 4) is 6.07 Å². The van der Waals surface area contributed by atoms with Crippen LogP contribution in [-0.4, -0.2) is 66.5 Å². The molecule has 4 rings (SSSR count). The van der Waals surface area contributed by atoms with Crippen molar-refractivity contribution in [2.45, 2.75) is 32.7 Å². The number of carbonyl (C=O) groups is 4. The van der Waals surface area contributed by atoms with Crippen LogP contribution in [0.1, 0.15) is 63.2 Å². The van der Waals surface area contributed by atoms with Crippen LogP contribution < -0.4 is 20.9 Å². The molecule has 4 amide bonds. The van der Waals surface area contributed by atoms with Crippen LogP contribution >= 0.6 is 0 Å². The first-order valence-electron chi connectivity index (χ1n) is 14.5. The molecule has 1 saturated heterocycles. The van der Waals surface area contributed by atoms with E-state index in [1.807, 2.05) is 36.9 Å². The molecule has 0 spiro atoms. The van der Waals surface area contributed by atoms with Gasteiger partial charge in [-0.3, -0.25) is 14.4 Å². The van der Waals surface area contributed by atoms with Crippen molar-refractivity contribution in [1.82, 2.24) is 15.5 Å². The van der Waals surface area contributed by atoms with Gasteiger partial charge in [-0.25, -0.2) is 4.79 Å². The maximum Gasteiger partial charge on any atom is 0.319 e. The Morgan fingerprint density at radius 2 is 1.59 bits per heavy atom. The highest BCUT2D eigenvalue weighted by Gasteiger charge is 2.25. The number of carboxylic acid groups (broad SMARTS) is 1. The van der Waals surface area contributed by atoms with Crippen molar-refractivity contribution < 1.29 is 24.3 Å². The largest absolute Gasteiger partial charge is 0.481 e. The SMILES string of the molecule is CCCNC(=O)Nc1cc(C(=O)NC(CC(=O)O)c2ccc(C)cc2)ccc1N1CCN(C(=O)c2ccc(C#N)cc2)CC1. The predicted octanol–water partition coefficient (Wildman–Crippen LogP) is 4.31. The molecule has 0 aliphatic carbocycles. The number of benzene rings is 3. The number of carbonyl (C=O) groups excluding carboxylic acids is 3. The van der Waals surface area contributed by atoms with Crippen LogP contribution in [0.15, 0.2) is 66.7 Å². The van der Waals surface area contributed by atoms with Gasteiger partial charge in [0.25, 0.3) is 11.8 Å². The van der Waals surface area contributed by atoms with Gasteiger partial charge in [-0.2, -0.15) is 5.26 Å². The highest BCUT2D eigenvalue weighted by Crippen LogP contribution is 2.29. The monoisotopic (exact) mass is 596 g/mol. The number of amides is 4. The van der Waals surface area contributed by atoms with E-state index in [-0.39, 0.29) is 17.9 Å². The molecule has 1 atom stereocenters. The number of hydrogen-bond donors (Lipinski definition) is 4. The number of rotatable bonds is 10. The van der Waals surface area contributed by atoms with Crippen molar-refractivity contribution in [3.05, 3.63) is 94.5 Å². The molecule has 4 N–H and O–H groups in total. The highest BCUT2D eigenvalue weighted by molar-refractivity contribution is 6.00. The fraction of sp³-hybridized carbons (Fsp3) is 0.303. The summed E-state index contributed by atoms with van der Waals surface area (Å²) in [6.07, 6.45) is 0.463. The summed E-state index contributed by atoms with van der Waals surface area (Å²) in [5, 5.41) is 27.0. The molecular weight excluding hydrogens is 560 g/mol. The van der Waals surface area contributed by atoms with Gasteiger partial charge < -0.3 is 30.9 Å². The van der Waals surface area contributed by atoms with E-state index in [1.54, 1.807) is 59.5 Å². The van der Waals surface area contributed by atoms with E-state index < -0.39 is 23.9 Å². The second-order valence-corrected chi connectivity index (χ2v) is 10.6. The van der Waals surface area contributed by atoms with Crippen molar-refractivity contribution in [2.24, 2.45) is 0 Å². The minimum Gasteiger partial charge on any atom is -0.481 e. The summed E-state index contributed by atoms with van der Waals surface area (Å²) in [5.41, 5.74) is 4.06. The van der Waals surface area contributed by atoms with E-state index in [9.17, 15) is 24.3 Å². The molecule has 1 unspecified atom stereocenters. The number of carboxylic acids is 1. The Morgan fingerprint density at radius 3 is 2.20 bits per heavy atom. The standard InChI is InChI=1S/C33H36N6O5/c1-3-14-35-33(44)37-28-19-26(31(42)36-27(20-30(40)41)24-8-4-22(2)5-9-24)12-13-29(28)38-15-17-39(18-16-38)32(43)25-10-6-23(21-34)7-11-25/h4-13,19,27H,3,14-18,20H2,1-2H3,(H,36,42)(H,40,41)(H2,35,37,44). The summed E-state index contributed by atoms with van der Waals surface area (Å²) in [7, 11) is 0. The normalized spacial score (nSPS) is 13.4. The Hall–Kier alpha value is -5.37. The second kappa shape index (κ2) is 14.7. The summed E-state index contributed by atoms with van der Waals surface area (Å²) in [6.45, 7) is 6.21. The molecule has 3 aromatic rings. The molecule has 11 heteroatoms. The van der Waals surface area contributed by atoms with Gasteiger partial charge in [0.15, 0.2) is 0 Å². The first-order valence-corrected chi connectivity index (χ1v) is 14.5. The molecule has 0 aromatic heterocycles. The van der Waals surface area contributed by atoms with Crippen LogP contribution in [0.4, 0.5) is 16.2 Å². The zero-order valence-corrected chi connectivity index (χ0v) is 24.8. The van der Waals surface area contributed by atoms with Crippen LogP contribution in [0, 0.1) is 18.3 Å². The maximum absolute atomic E-state index is 13.4. The molecule has 11 nitrogen and oxygen atoms in total. The highest BCUT2D eigenvalue weighted by atomic mass is 16.4. The van der Waals surface area contributed by atoms with Crippen LogP contribution in [0.2, 0.25) is 0 Å². The second-order valence-electron chi connectivity index (χ2n) is 10.6. The number of aliphatic carboxylic acids is 1. The topological polar surface area (TPSA) is 155 Å². The minimum absolute atomic E-state index is 0.122. The molecule has 1 aliphatic heterocycles. The van der Waals surface area contributed by atoms with Gasteiger partial charge in [0.2, 0.25) is 0 Å². The van der Waals surface area contributed by atoms with Crippen LogP contribution in [0.3, 0.4) is 0 Å². The Balaban J connectivity index is 1.52. The van der Waals surface area contributed by atoms with Crippen LogP contribution in [0.5, 0.6) is 0 Å². The molecule has 1 aliphatic rings. The molecule has 0 bridgehead atoms. The van der Waals surface area contributed by atoms with Crippen molar-refractivity contribution in [1.29, 1.82) is 5.26 Å². The molecule has 44 heavy (non-hydrogen) atoms. The molecule has 228 valence electrons. The Labute approximate surface area is 256 Å². The average molecular weight is 597 g/mol. The lowest BCUT2D eigenvalue weighted by Gasteiger charge is -2.37. The number of nitrogens with zero attached hydrogens (tertiary/aromatic N) is 3. The fourth-order valence-corrected chi connectivity index (χ4v) is 4.95. The van der Waals surface area contributed by atoms with Gasteiger partial charge >= 0.3 is 12.0 Å². The molecule has 1 fully saturated rings. The number of nitriles is 1. The lowest BCUT2D eigenvalue weighted by atomic mass is 10.0. The van der Waals surface area contributed by atoms with Gasteiger partial charge in [-0.05, 0) is 61.4 Å². The number of nitrogens with one attached hydrogen (secondary N) is 3. The summed E-state index contributed by atoms with van der Waals surface area (Å²) < 4.78 is 0. The molecule has 0 radical (unpaired) electrons. The number of piperazine rings is 1. The number of hydrogen-bond acceptors (Lipinski definition) is 6. The average Bonchev–Trinajstić information content (AvgIpc) is 3.03. The summed E-state index contributed by atoms with van der Waals surface area (Å²) >= 11 is 0. The minimum atomic E-state index is -1.04. The predicted molar refractivity (Wildman–Crippen MR) is 167 cm³/mol. The van der Waals surface area contributed by atoms with Gasteiger partial charge in [-0.15, -0.1) is 0 Å². The van der Waals surface area contributed by atoms with Crippen molar-refractivity contribution >= 4 is 35.2 Å². The third-order valence-corrected chi connectivity index (χ3v) is 7.37. The summed E-state index contributed by atoms with van der Waals surface area (Å²) in [4.78, 5) is 54.4. The fourth-order valence-electron chi connectivity index (χ4n) is 4.95. The van der Waals surface area contributed by atoms with E-state index >= 15 is 0 Å². The van der Waals surface area contributed by atoms with E-state index in [0.717, 1.165) is 12.0 Å². The Morgan fingerprint density at radius 1 is 0.932 bits per heavy atom. The van der Waals surface area contributed by atoms with E-state index in [0.29, 0.717) is 60.8 Å². The van der Waals surface area contributed by atoms with Gasteiger partial charge in [-0.1, -0.05) is 36.8 Å². The molecule has 3 aromatic carbocycles. The zero-order chi connectivity index (χ0) is 31.6. The first kappa shape index (κ1) is 31.6. The summed E-state index contributed by atoms with van der Waals surface area (Å²) in [5.74, 6) is -1.64. The van der Waals surface area contributed by atoms with E-state index in [2.05, 4.69) is 16.0 Å². The quantitative estimate of drug-likeness (QED) is 0.272. The van der Waals surface area contributed by atoms with Crippen molar-refractivity contribution in [2.75, 3.05) is 42.9 Å². The van der Waals surface area contributed by atoms with Crippen LogP contribution in [0.25, 0.3) is 0 Å². The number of aryl methyl sites for hydroxylation is 1. The molecule has 0 saturated carbocycles. The van der Waals surface area contributed by atoms with Gasteiger partial charge in [0.1, 0.15) is 0 Å². The Bertz CT molecular complexity index is 1540. The maximum atomic E-state index is 13.4. The lowest BCUT2D eigenvalue weighted by molar-refractivity contribution is -0.137. The van der Waals surface area contributed by atoms with Gasteiger partial charge in [0, 0.05) is 43.9 Å². The Kier molecular flexibility index (Phi) is 10.5. The van der Waals surface area contributed by atoms with E-state index in [1.165, 1.54) is 0 Å². The molecular formula is C33H36N6O5. The van der Waals surface area contributed by atoms with E-state index in [4.69, 9.17) is 5.26 Å². The number of anilines is 2. The first-order chi connectivity index (χ1) is 21.2. The summed E-state index contributed by atoms with van der Waals surface area (Å²) in [6, 6.07) is 19.7. The lowest BCUT2D eigenvalue weighted by Crippen LogP contribution is -2.49. The smallest absolute Gasteiger partial charge is 0.319 e. The van der Waals surface area contributed by atoms with Crippen LogP contribution in [-0.2, 0) is 4.79 Å². The van der Waals surface area contributed by atoms with Gasteiger partial charge in [0.05, 0.1) is 35.5 Å². The number of urea groups is 1. The molecule has 1 heterocycles. The third-order valence-electron chi connectivity index (χ3n) is 7.37. The zero-order valence-electron chi connectivity index (χ0n) is 24.8.